The van der Waals surface area contributed by atoms with Gasteiger partial charge in [-0.1, -0.05) is 36.4 Å². The van der Waals surface area contributed by atoms with Crippen molar-refractivity contribution >= 4 is 5.91 Å². The van der Waals surface area contributed by atoms with Gasteiger partial charge < -0.3 is 4.90 Å². The van der Waals surface area contributed by atoms with E-state index in [0.717, 1.165) is 49.9 Å². The Hall–Kier alpha value is -3.06. The number of pyridine rings is 1. The van der Waals surface area contributed by atoms with E-state index >= 15 is 0 Å². The first-order chi connectivity index (χ1) is 15.6. The first-order valence-corrected chi connectivity index (χ1v) is 11.5. The van der Waals surface area contributed by atoms with Crippen molar-refractivity contribution in [2.45, 2.75) is 38.1 Å². The molecule has 1 N–H and O–H groups in total. The molecular weight excluding hydrogens is 400 g/mol. The third kappa shape index (κ3) is 3.41. The van der Waals surface area contributed by atoms with Crippen molar-refractivity contribution in [3.63, 3.8) is 0 Å². The summed E-state index contributed by atoms with van der Waals surface area (Å²) in [4.78, 5) is 26.8. The Balaban J connectivity index is 1.24. The summed E-state index contributed by atoms with van der Waals surface area (Å²) in [6.07, 6.45) is 4.08. The van der Waals surface area contributed by atoms with E-state index in [1.807, 2.05) is 24.0 Å². The number of rotatable bonds is 5. The summed E-state index contributed by atoms with van der Waals surface area (Å²) in [6, 6.07) is 14.4. The Bertz CT molecular complexity index is 1130. The van der Waals surface area contributed by atoms with Crippen LogP contribution in [0.5, 0.6) is 0 Å². The van der Waals surface area contributed by atoms with Crippen LogP contribution in [0.15, 0.2) is 48.7 Å². The van der Waals surface area contributed by atoms with Crippen LogP contribution in [0.2, 0.25) is 0 Å². The molecule has 0 bridgehead atoms. The monoisotopic (exact) mass is 428 g/mol. The minimum atomic E-state index is 0.00742. The number of hydrogen-bond acceptors (Lipinski definition) is 5. The molecule has 164 valence electrons. The number of hydrogen-bond donors (Lipinski definition) is 1. The standard InChI is InChI=1S/C25H28N6O/c1-17-6-5-11-26-21(17)24(32)31-15-25(16-31)14-30(12-18-7-3-2-4-8-18)13-20(25)23-27-22(28-29-23)19-9-10-19/h2-8,11,19-20H,9-10,12-16H2,1H3,(H,27,28,29). The van der Waals surface area contributed by atoms with Crippen LogP contribution in [0.1, 0.15) is 57.9 Å². The zero-order valence-electron chi connectivity index (χ0n) is 18.4. The zero-order chi connectivity index (χ0) is 21.7. The second-order valence-corrected chi connectivity index (χ2v) is 9.75. The lowest BCUT2D eigenvalue weighted by molar-refractivity contribution is 0.00130. The number of aryl methyl sites for hydroxylation is 1. The van der Waals surface area contributed by atoms with Crippen molar-refractivity contribution in [3.8, 4) is 0 Å². The molecule has 1 unspecified atom stereocenters. The van der Waals surface area contributed by atoms with Gasteiger partial charge >= 0.3 is 0 Å². The summed E-state index contributed by atoms with van der Waals surface area (Å²) in [6.45, 7) is 6.21. The molecule has 2 aliphatic heterocycles. The van der Waals surface area contributed by atoms with E-state index in [9.17, 15) is 4.79 Å². The molecule has 3 fully saturated rings. The van der Waals surface area contributed by atoms with E-state index in [0.29, 0.717) is 11.6 Å². The minimum Gasteiger partial charge on any atom is -0.336 e. The number of aromatic amines is 1. The normalized spacial score (nSPS) is 22.3. The van der Waals surface area contributed by atoms with E-state index in [4.69, 9.17) is 4.98 Å². The molecule has 2 aromatic heterocycles. The molecule has 3 aliphatic rings. The Morgan fingerprint density at radius 1 is 1.12 bits per heavy atom. The summed E-state index contributed by atoms with van der Waals surface area (Å²) in [7, 11) is 0. The molecule has 6 rings (SSSR count). The molecule has 1 aliphatic carbocycles. The molecule has 3 aromatic rings. The van der Waals surface area contributed by atoms with Crippen LogP contribution in [-0.2, 0) is 6.54 Å². The quantitative estimate of drug-likeness (QED) is 0.676. The first kappa shape index (κ1) is 19.6. The van der Waals surface area contributed by atoms with E-state index in [1.165, 1.54) is 18.4 Å². The Morgan fingerprint density at radius 2 is 1.94 bits per heavy atom. The number of nitrogens with one attached hydrogen (secondary N) is 1. The van der Waals surface area contributed by atoms with Gasteiger partial charge in [0, 0.05) is 56.2 Å². The molecule has 7 heteroatoms. The highest BCUT2D eigenvalue weighted by Gasteiger charge is 2.57. The zero-order valence-corrected chi connectivity index (χ0v) is 18.4. The maximum Gasteiger partial charge on any atom is 0.272 e. The lowest BCUT2D eigenvalue weighted by Crippen LogP contribution is -2.61. The smallest absolute Gasteiger partial charge is 0.272 e. The number of nitrogens with zero attached hydrogens (tertiary/aromatic N) is 5. The average Bonchev–Trinajstić information content (AvgIpc) is 3.39. The van der Waals surface area contributed by atoms with Gasteiger partial charge in [-0.3, -0.25) is 19.8 Å². The summed E-state index contributed by atoms with van der Waals surface area (Å²) in [5.74, 6) is 2.77. The number of carbonyl (C=O) groups is 1. The highest BCUT2D eigenvalue weighted by molar-refractivity contribution is 5.94. The van der Waals surface area contributed by atoms with E-state index in [1.54, 1.807) is 6.20 Å². The predicted octanol–water partition coefficient (Wildman–Crippen LogP) is 3.13. The maximum absolute atomic E-state index is 13.1. The van der Waals surface area contributed by atoms with Gasteiger partial charge in [-0.2, -0.15) is 5.10 Å². The van der Waals surface area contributed by atoms with Gasteiger partial charge in [0.15, 0.2) is 5.82 Å². The van der Waals surface area contributed by atoms with Gasteiger partial charge in [0.1, 0.15) is 11.5 Å². The molecule has 2 saturated heterocycles. The summed E-state index contributed by atoms with van der Waals surface area (Å²) >= 11 is 0. The largest absolute Gasteiger partial charge is 0.336 e. The first-order valence-electron chi connectivity index (χ1n) is 11.5. The molecule has 7 nitrogen and oxygen atoms in total. The molecule has 1 saturated carbocycles. The van der Waals surface area contributed by atoms with Gasteiger partial charge in [-0.25, -0.2) is 4.98 Å². The van der Waals surface area contributed by atoms with Crippen LogP contribution >= 0.6 is 0 Å². The van der Waals surface area contributed by atoms with Crippen LogP contribution in [0, 0.1) is 12.3 Å². The van der Waals surface area contributed by atoms with E-state index in [2.05, 4.69) is 50.4 Å². The molecule has 4 heterocycles. The van der Waals surface area contributed by atoms with Crippen molar-refractivity contribution in [1.82, 2.24) is 30.0 Å². The SMILES string of the molecule is Cc1cccnc1C(=O)N1CC2(CN(Cc3ccccc3)CC2c2nc(C3CC3)n[nH]2)C1. The second kappa shape index (κ2) is 7.52. The molecule has 1 aromatic carbocycles. The van der Waals surface area contributed by atoms with Crippen molar-refractivity contribution in [1.29, 1.82) is 0 Å². The number of likely N-dealkylation sites (tertiary alicyclic amines) is 2. The summed E-state index contributed by atoms with van der Waals surface area (Å²) in [5.41, 5.74) is 2.81. The van der Waals surface area contributed by atoms with Crippen LogP contribution < -0.4 is 0 Å². The van der Waals surface area contributed by atoms with Gasteiger partial charge in [0.05, 0.1) is 0 Å². The third-order valence-corrected chi connectivity index (χ3v) is 7.27. The fraction of sp³-hybridized carbons (Fsp3) is 0.440. The molecular formula is C25H28N6O. The van der Waals surface area contributed by atoms with E-state index < -0.39 is 0 Å². The highest BCUT2D eigenvalue weighted by Crippen LogP contribution is 2.49. The fourth-order valence-electron chi connectivity index (χ4n) is 5.42. The molecule has 1 amide bonds. The van der Waals surface area contributed by atoms with Crippen molar-refractivity contribution < 1.29 is 4.79 Å². The Kier molecular flexibility index (Phi) is 4.61. The molecule has 0 radical (unpaired) electrons. The van der Waals surface area contributed by atoms with Gasteiger partial charge in [-0.15, -0.1) is 0 Å². The number of H-pyrrole nitrogens is 1. The van der Waals surface area contributed by atoms with Gasteiger partial charge in [-0.05, 0) is 37.0 Å². The number of carbonyl (C=O) groups excluding carboxylic acids is 1. The summed E-state index contributed by atoms with van der Waals surface area (Å²) < 4.78 is 0. The van der Waals surface area contributed by atoms with Gasteiger partial charge in [0.25, 0.3) is 5.91 Å². The topological polar surface area (TPSA) is 78.0 Å². The Morgan fingerprint density at radius 3 is 2.69 bits per heavy atom. The van der Waals surface area contributed by atoms with Crippen LogP contribution in [0.3, 0.4) is 0 Å². The predicted molar refractivity (Wildman–Crippen MR) is 120 cm³/mol. The average molecular weight is 429 g/mol. The van der Waals surface area contributed by atoms with Crippen LogP contribution in [0.4, 0.5) is 0 Å². The lowest BCUT2D eigenvalue weighted by Gasteiger charge is -2.50. The highest BCUT2D eigenvalue weighted by atomic mass is 16.2. The maximum atomic E-state index is 13.1. The lowest BCUT2D eigenvalue weighted by atomic mass is 9.71. The fourth-order valence-corrected chi connectivity index (χ4v) is 5.42. The van der Waals surface area contributed by atoms with Crippen LogP contribution in [0.25, 0.3) is 0 Å². The van der Waals surface area contributed by atoms with Crippen LogP contribution in [-0.4, -0.2) is 62.1 Å². The number of amides is 1. The third-order valence-electron chi connectivity index (χ3n) is 7.27. The molecule has 1 spiro atoms. The second-order valence-electron chi connectivity index (χ2n) is 9.75. The van der Waals surface area contributed by atoms with Crippen molar-refractivity contribution in [3.05, 3.63) is 77.1 Å². The van der Waals surface area contributed by atoms with Gasteiger partial charge in [0.2, 0.25) is 0 Å². The minimum absolute atomic E-state index is 0.00742. The van der Waals surface area contributed by atoms with Crippen molar-refractivity contribution in [2.75, 3.05) is 26.2 Å². The molecule has 1 atom stereocenters. The molecule has 32 heavy (non-hydrogen) atoms. The number of aromatic nitrogens is 4. The number of benzene rings is 1. The van der Waals surface area contributed by atoms with E-state index in [-0.39, 0.29) is 17.2 Å². The summed E-state index contributed by atoms with van der Waals surface area (Å²) in [5, 5.41) is 7.78. The Labute approximate surface area is 187 Å². The van der Waals surface area contributed by atoms with Crippen molar-refractivity contribution in [2.24, 2.45) is 5.41 Å².